The normalized spacial score (nSPS) is 30.2. The monoisotopic (exact) mass is 548 g/mol. The second kappa shape index (κ2) is 11.4. The van der Waals surface area contributed by atoms with Crippen LogP contribution < -0.4 is 22.4 Å². The maximum Gasteiger partial charge on any atom is 0.640 e. The Morgan fingerprint density at radius 2 is 0.600 bits per heavy atom. The third-order valence-electron chi connectivity index (χ3n) is 6.23. The molecule has 0 fully saturated rings. The molecule has 0 atom stereocenters. The highest BCUT2D eigenvalue weighted by atomic mass is 16.9. The lowest BCUT2D eigenvalue weighted by atomic mass is 9.70. The van der Waals surface area contributed by atoms with Gasteiger partial charge in [0, 0.05) is 11.4 Å². The molecule has 3 aliphatic heterocycles. The molecular weight excluding hydrogens is 518 g/mol. The van der Waals surface area contributed by atoms with Crippen LogP contribution in [0.1, 0.15) is 41.5 Å². The minimum Gasteiger partial charge on any atom is -0.536 e. The summed E-state index contributed by atoms with van der Waals surface area (Å²) in [6, 6.07) is 13.2. The van der Waals surface area contributed by atoms with Gasteiger partial charge in [0.25, 0.3) is 0 Å². The van der Waals surface area contributed by atoms with Crippen molar-refractivity contribution < 1.29 is 28.5 Å². The van der Waals surface area contributed by atoms with Gasteiger partial charge in [0.1, 0.15) is 0 Å². The standard InChI is InChI=1S/C24H30B2N8O6/c1-15-16(2)30-36-26(22-9-13-24(28)14-10-22)39-33-19(5)17(3)31-37-25(35-29-15,21-7-11-23(27)12-8-21)38-32-18(4)20(6)34-40-26/h7-14H,27-28H2,1-6H3/q-2/b29-15+,30-16+,31-17+,32-18+,33-19+,34-20?. The summed E-state index contributed by atoms with van der Waals surface area (Å²) in [6.07, 6.45) is 0. The van der Waals surface area contributed by atoms with Crippen LogP contribution in [0.5, 0.6) is 0 Å². The van der Waals surface area contributed by atoms with Crippen LogP contribution in [-0.4, -0.2) is 47.8 Å². The quantitative estimate of drug-likeness (QED) is 0.423. The second-order valence-electron chi connectivity index (χ2n) is 9.31. The Morgan fingerprint density at radius 3 is 0.800 bits per heavy atom. The SMILES string of the molecule is CC1=NO[B-]2(c3ccc(N)cc3)O/N=C(C)/C(C)=N/O[B-](c3ccc(N)cc3)(O/N=C/1C)O/N=C(C)/C(C)=N/O2. The predicted molar refractivity (Wildman–Crippen MR) is 158 cm³/mol. The van der Waals surface area contributed by atoms with E-state index in [1.165, 1.54) is 0 Å². The number of benzene rings is 2. The Kier molecular flexibility index (Phi) is 7.98. The van der Waals surface area contributed by atoms with E-state index < -0.39 is 13.5 Å². The fraction of sp³-hybridized carbons (Fsp3) is 0.250. The highest BCUT2D eigenvalue weighted by Crippen LogP contribution is 2.19. The summed E-state index contributed by atoms with van der Waals surface area (Å²) in [6.45, 7) is 3.98. The number of rotatable bonds is 2. The molecule has 2 bridgehead atoms. The predicted octanol–water partition coefficient (Wildman–Crippen LogP) is 2.23. The number of nitrogen functional groups attached to an aromatic ring is 2. The molecule has 3 heterocycles. The number of hydrogen-bond donors (Lipinski definition) is 2. The van der Waals surface area contributed by atoms with Gasteiger partial charge in [0.2, 0.25) is 0 Å². The van der Waals surface area contributed by atoms with Crippen molar-refractivity contribution in [2.45, 2.75) is 41.5 Å². The first kappa shape index (κ1) is 28.0. The first-order chi connectivity index (χ1) is 19.0. The first-order valence-corrected chi connectivity index (χ1v) is 12.4. The molecule has 0 saturated carbocycles. The van der Waals surface area contributed by atoms with Crippen LogP contribution in [0.4, 0.5) is 11.4 Å². The summed E-state index contributed by atoms with van der Waals surface area (Å²) in [5.74, 6) is 0. The lowest BCUT2D eigenvalue weighted by Crippen LogP contribution is -2.55. The number of fused-ring (bicyclic) bond motifs is 9. The largest absolute Gasteiger partial charge is 0.640 e. The van der Waals surface area contributed by atoms with Crippen LogP contribution in [0.3, 0.4) is 0 Å². The summed E-state index contributed by atoms with van der Waals surface area (Å²) in [7, 11) is 0. The van der Waals surface area contributed by atoms with E-state index in [0.717, 1.165) is 0 Å². The Bertz CT molecular complexity index is 1230. The summed E-state index contributed by atoms with van der Waals surface area (Å²) in [4.78, 5) is 0. The molecule has 210 valence electrons. The van der Waals surface area contributed by atoms with Crippen molar-refractivity contribution in [3.63, 3.8) is 0 Å². The van der Waals surface area contributed by atoms with Crippen molar-refractivity contribution in [1.82, 2.24) is 0 Å². The number of nitrogens with two attached hydrogens (primary N) is 2. The average molecular weight is 548 g/mol. The number of anilines is 2. The van der Waals surface area contributed by atoms with Crippen molar-refractivity contribution in [2.75, 3.05) is 11.5 Å². The summed E-state index contributed by atoms with van der Waals surface area (Å²) < 4.78 is 35.6. The van der Waals surface area contributed by atoms with E-state index in [1.807, 2.05) is 0 Å². The molecule has 0 aliphatic carbocycles. The van der Waals surface area contributed by atoms with Gasteiger partial charge in [-0.15, -0.1) is 30.9 Å². The lowest BCUT2D eigenvalue weighted by molar-refractivity contribution is 0.0769. The molecule has 5 rings (SSSR count). The third-order valence-corrected chi connectivity index (χ3v) is 6.23. The summed E-state index contributed by atoms with van der Waals surface area (Å²) in [5, 5.41) is 25.3. The zero-order valence-electron chi connectivity index (χ0n) is 23.1. The third kappa shape index (κ3) is 6.00. The van der Waals surface area contributed by atoms with E-state index in [4.69, 9.17) is 40.0 Å². The van der Waals surface area contributed by atoms with E-state index in [9.17, 15) is 0 Å². The molecule has 0 spiro atoms. The first-order valence-electron chi connectivity index (χ1n) is 12.4. The lowest BCUT2D eigenvalue weighted by Gasteiger charge is -2.37. The molecule has 14 nitrogen and oxygen atoms in total. The van der Waals surface area contributed by atoms with Crippen LogP contribution in [0, 0.1) is 0 Å². The van der Waals surface area contributed by atoms with Crippen LogP contribution >= 0.6 is 0 Å². The van der Waals surface area contributed by atoms with Gasteiger partial charge in [-0.2, -0.15) is 0 Å². The van der Waals surface area contributed by atoms with E-state index in [-0.39, 0.29) is 0 Å². The molecule has 2 aromatic carbocycles. The van der Waals surface area contributed by atoms with Gasteiger partial charge in [-0.05, 0) is 65.8 Å². The van der Waals surface area contributed by atoms with Gasteiger partial charge in [0.05, 0.1) is 34.3 Å². The summed E-state index contributed by atoms with van der Waals surface area (Å²) in [5.41, 5.74) is 15.5. The van der Waals surface area contributed by atoms with Crippen LogP contribution in [0.25, 0.3) is 0 Å². The molecule has 16 heteroatoms. The van der Waals surface area contributed by atoms with Gasteiger partial charge in [-0.3, -0.25) is 0 Å². The van der Waals surface area contributed by atoms with Gasteiger partial charge in [-0.25, -0.2) is 0 Å². The van der Waals surface area contributed by atoms with Crippen LogP contribution in [0.2, 0.25) is 0 Å². The Balaban J connectivity index is 1.99. The topological polar surface area (TPSA) is 182 Å². The number of oxime groups is 6. The Morgan fingerprint density at radius 1 is 0.400 bits per heavy atom. The molecule has 0 unspecified atom stereocenters. The number of nitrogens with zero attached hydrogens (tertiary/aromatic N) is 6. The molecule has 3 aliphatic rings. The summed E-state index contributed by atoms with van der Waals surface area (Å²) >= 11 is 0. The molecule has 0 radical (unpaired) electrons. The highest BCUT2D eigenvalue weighted by Gasteiger charge is 2.43. The van der Waals surface area contributed by atoms with Crippen molar-refractivity contribution >= 4 is 70.1 Å². The highest BCUT2D eigenvalue weighted by molar-refractivity contribution is 6.76. The zero-order valence-corrected chi connectivity index (χ0v) is 23.1. The van der Waals surface area contributed by atoms with Crippen molar-refractivity contribution in [3.8, 4) is 0 Å². The van der Waals surface area contributed by atoms with Gasteiger partial charge >= 0.3 is 13.5 Å². The van der Waals surface area contributed by atoms with Crippen molar-refractivity contribution in [3.05, 3.63) is 48.5 Å². The second-order valence-corrected chi connectivity index (χ2v) is 9.31. The molecule has 0 saturated heterocycles. The molecule has 2 aromatic rings. The fourth-order valence-corrected chi connectivity index (χ4v) is 3.23. The maximum absolute atomic E-state index is 5.93. The van der Waals surface area contributed by atoms with E-state index in [2.05, 4.69) is 30.9 Å². The van der Waals surface area contributed by atoms with Crippen molar-refractivity contribution in [2.24, 2.45) is 30.9 Å². The van der Waals surface area contributed by atoms with E-state index in [1.54, 1.807) is 90.1 Å². The zero-order chi connectivity index (χ0) is 28.9. The van der Waals surface area contributed by atoms with Gasteiger partial charge in [-0.1, -0.05) is 35.2 Å². The maximum atomic E-state index is 5.93. The molecule has 4 N–H and O–H groups in total. The van der Waals surface area contributed by atoms with Gasteiger partial charge in [0.15, 0.2) is 0 Å². The minimum atomic E-state index is -2.96. The molecule has 40 heavy (non-hydrogen) atoms. The van der Waals surface area contributed by atoms with Crippen molar-refractivity contribution in [1.29, 1.82) is 0 Å². The fourth-order valence-electron chi connectivity index (χ4n) is 3.23. The van der Waals surface area contributed by atoms with E-state index >= 15 is 0 Å². The molecule has 0 aromatic heterocycles. The smallest absolute Gasteiger partial charge is 0.536 e. The minimum absolute atomic E-state index is 0.311. The van der Waals surface area contributed by atoms with Gasteiger partial charge < -0.3 is 40.0 Å². The Hall–Kier alpha value is -5.01. The molecule has 0 amide bonds. The average Bonchev–Trinajstić information content (AvgIpc) is 2.95. The van der Waals surface area contributed by atoms with E-state index in [0.29, 0.717) is 56.6 Å². The van der Waals surface area contributed by atoms with Crippen LogP contribution in [-0.2, 0) is 28.5 Å². The van der Waals surface area contributed by atoms with Crippen LogP contribution in [0.15, 0.2) is 79.5 Å². The number of hydrogen-bond acceptors (Lipinski definition) is 14. The Labute approximate surface area is 231 Å². The molecular formula is C24H30B2N8O6-2.